The van der Waals surface area contributed by atoms with Gasteiger partial charge in [0.05, 0.1) is 7.11 Å². The molecule has 2 heterocycles. The topological polar surface area (TPSA) is 42.0 Å². The Morgan fingerprint density at radius 3 is 2.58 bits per heavy atom. The zero-order chi connectivity index (χ0) is 17.9. The molecule has 2 unspecified atom stereocenters. The Hall–Kier alpha value is -2.53. The summed E-state index contributed by atoms with van der Waals surface area (Å²) in [6.07, 6.45) is 2.37. The molecule has 136 valence electrons. The number of nitrogens with zero attached hydrogens (tertiary/aromatic N) is 2. The standard InChI is InChI=1S/C21H24N2O3/c1-25-18-11-5-6-12-19(18)26-15-20(24)23-14-17-10-7-13-22(17)21(23)16-8-3-2-4-9-16/h2-6,8-9,11-12,17,21H,7,10,13-15H2,1H3. The summed E-state index contributed by atoms with van der Waals surface area (Å²) >= 11 is 0. The Labute approximate surface area is 154 Å². The minimum atomic E-state index is 0.0115. The maximum Gasteiger partial charge on any atom is 0.262 e. The number of hydrogen-bond acceptors (Lipinski definition) is 4. The van der Waals surface area contributed by atoms with Gasteiger partial charge < -0.3 is 14.4 Å². The van der Waals surface area contributed by atoms with Gasteiger partial charge in [0.15, 0.2) is 18.1 Å². The molecule has 4 rings (SSSR count). The van der Waals surface area contributed by atoms with Crippen LogP contribution in [-0.2, 0) is 4.79 Å². The summed E-state index contributed by atoms with van der Waals surface area (Å²) in [5.41, 5.74) is 1.17. The molecule has 5 heteroatoms. The van der Waals surface area contributed by atoms with Crippen LogP contribution >= 0.6 is 0 Å². The quantitative estimate of drug-likeness (QED) is 0.829. The van der Waals surface area contributed by atoms with Crippen LogP contribution in [0.5, 0.6) is 11.5 Å². The Morgan fingerprint density at radius 1 is 1.08 bits per heavy atom. The number of benzene rings is 2. The SMILES string of the molecule is COc1ccccc1OCC(=O)N1CC2CCCN2C1c1ccccc1. The lowest BCUT2D eigenvalue weighted by Gasteiger charge is -2.30. The van der Waals surface area contributed by atoms with Crippen LogP contribution in [0.4, 0.5) is 0 Å². The Kier molecular flexibility index (Phi) is 4.80. The van der Waals surface area contributed by atoms with Gasteiger partial charge in [-0.1, -0.05) is 42.5 Å². The van der Waals surface area contributed by atoms with E-state index in [0.29, 0.717) is 17.5 Å². The molecule has 2 aliphatic rings. The molecule has 0 N–H and O–H groups in total. The lowest BCUT2D eigenvalue weighted by molar-refractivity contribution is -0.135. The minimum Gasteiger partial charge on any atom is -0.493 e. The van der Waals surface area contributed by atoms with Gasteiger partial charge in [-0.25, -0.2) is 0 Å². The fraction of sp³-hybridized carbons (Fsp3) is 0.381. The molecule has 5 nitrogen and oxygen atoms in total. The van der Waals surface area contributed by atoms with E-state index >= 15 is 0 Å². The first kappa shape index (κ1) is 16.9. The van der Waals surface area contributed by atoms with Crippen molar-refractivity contribution in [3.63, 3.8) is 0 Å². The molecule has 2 fully saturated rings. The van der Waals surface area contributed by atoms with Gasteiger partial charge in [-0.05, 0) is 30.5 Å². The van der Waals surface area contributed by atoms with Crippen molar-refractivity contribution in [2.45, 2.75) is 25.0 Å². The number of methoxy groups -OCH3 is 1. The van der Waals surface area contributed by atoms with Crippen LogP contribution in [0.15, 0.2) is 54.6 Å². The Morgan fingerprint density at radius 2 is 1.81 bits per heavy atom. The molecule has 0 bridgehead atoms. The van der Waals surface area contributed by atoms with Crippen LogP contribution in [0.2, 0.25) is 0 Å². The van der Waals surface area contributed by atoms with Gasteiger partial charge in [0.1, 0.15) is 6.17 Å². The summed E-state index contributed by atoms with van der Waals surface area (Å²) in [6, 6.07) is 18.2. The molecule has 0 saturated carbocycles. The predicted molar refractivity (Wildman–Crippen MR) is 99.1 cm³/mol. The number of ether oxygens (including phenoxy) is 2. The fourth-order valence-electron chi connectivity index (χ4n) is 4.08. The maximum absolute atomic E-state index is 13.0. The molecule has 0 aromatic heterocycles. The van der Waals surface area contributed by atoms with Crippen LogP contribution < -0.4 is 9.47 Å². The van der Waals surface area contributed by atoms with Gasteiger partial charge in [0.2, 0.25) is 0 Å². The summed E-state index contributed by atoms with van der Waals surface area (Å²) in [5, 5.41) is 0. The maximum atomic E-state index is 13.0. The van der Waals surface area contributed by atoms with E-state index in [9.17, 15) is 4.79 Å². The van der Waals surface area contributed by atoms with Gasteiger partial charge in [0, 0.05) is 19.1 Å². The third-order valence-electron chi connectivity index (χ3n) is 5.28. The van der Waals surface area contributed by atoms with Crippen molar-refractivity contribution in [1.29, 1.82) is 0 Å². The average molecular weight is 352 g/mol. The molecule has 0 spiro atoms. The van der Waals surface area contributed by atoms with Crippen LogP contribution in [-0.4, -0.2) is 48.6 Å². The fourth-order valence-corrected chi connectivity index (χ4v) is 4.08. The monoisotopic (exact) mass is 352 g/mol. The second-order valence-electron chi connectivity index (χ2n) is 6.80. The number of carbonyl (C=O) groups is 1. The average Bonchev–Trinajstić information content (AvgIpc) is 3.28. The van der Waals surface area contributed by atoms with E-state index in [1.807, 2.05) is 47.4 Å². The summed E-state index contributed by atoms with van der Waals surface area (Å²) in [4.78, 5) is 17.4. The zero-order valence-electron chi connectivity index (χ0n) is 15.0. The first-order chi connectivity index (χ1) is 12.8. The van der Waals surface area contributed by atoms with Crippen molar-refractivity contribution >= 4 is 5.91 Å². The minimum absolute atomic E-state index is 0.0115. The highest BCUT2D eigenvalue weighted by atomic mass is 16.5. The normalized spacial score (nSPS) is 22.3. The van der Waals surface area contributed by atoms with Crippen LogP contribution in [0.3, 0.4) is 0 Å². The summed E-state index contributed by atoms with van der Waals surface area (Å²) in [6.45, 7) is 1.83. The molecule has 2 aromatic carbocycles. The van der Waals surface area contributed by atoms with Crippen molar-refractivity contribution in [3.05, 3.63) is 60.2 Å². The van der Waals surface area contributed by atoms with Crippen molar-refractivity contribution in [3.8, 4) is 11.5 Å². The summed E-state index contributed by atoms with van der Waals surface area (Å²) in [7, 11) is 1.60. The third kappa shape index (κ3) is 3.15. The van der Waals surface area contributed by atoms with Gasteiger partial charge in [-0.2, -0.15) is 0 Å². The molecule has 2 aromatic rings. The van der Waals surface area contributed by atoms with Gasteiger partial charge in [0.25, 0.3) is 5.91 Å². The van der Waals surface area contributed by atoms with E-state index in [1.54, 1.807) is 7.11 Å². The molecule has 1 amide bonds. The van der Waals surface area contributed by atoms with Crippen LogP contribution in [0.1, 0.15) is 24.6 Å². The Balaban J connectivity index is 1.51. The molecule has 2 aliphatic heterocycles. The number of para-hydroxylation sites is 2. The van der Waals surface area contributed by atoms with Crippen molar-refractivity contribution in [2.24, 2.45) is 0 Å². The molecule has 0 aliphatic carbocycles. The predicted octanol–water partition coefficient (Wildman–Crippen LogP) is 3.08. The third-order valence-corrected chi connectivity index (χ3v) is 5.28. The number of fused-ring (bicyclic) bond motifs is 1. The smallest absolute Gasteiger partial charge is 0.262 e. The molecular formula is C21H24N2O3. The molecule has 0 radical (unpaired) electrons. The van der Waals surface area contributed by atoms with E-state index in [0.717, 1.165) is 19.5 Å². The molecule has 2 atom stereocenters. The summed E-state index contributed by atoms with van der Waals surface area (Å²) in [5.74, 6) is 1.25. The van der Waals surface area contributed by atoms with Crippen LogP contribution in [0, 0.1) is 0 Å². The molecule has 2 saturated heterocycles. The van der Waals surface area contributed by atoms with E-state index in [-0.39, 0.29) is 18.7 Å². The van der Waals surface area contributed by atoms with Crippen molar-refractivity contribution in [1.82, 2.24) is 9.80 Å². The lowest BCUT2D eigenvalue weighted by Crippen LogP contribution is -2.38. The first-order valence-corrected chi connectivity index (χ1v) is 9.14. The van der Waals surface area contributed by atoms with Gasteiger partial charge in [-0.3, -0.25) is 9.69 Å². The van der Waals surface area contributed by atoms with E-state index in [2.05, 4.69) is 17.0 Å². The number of rotatable bonds is 5. The molecular weight excluding hydrogens is 328 g/mol. The van der Waals surface area contributed by atoms with E-state index < -0.39 is 0 Å². The second-order valence-corrected chi connectivity index (χ2v) is 6.80. The first-order valence-electron chi connectivity index (χ1n) is 9.14. The van der Waals surface area contributed by atoms with Gasteiger partial charge >= 0.3 is 0 Å². The lowest BCUT2D eigenvalue weighted by atomic mass is 10.1. The van der Waals surface area contributed by atoms with Gasteiger partial charge in [-0.15, -0.1) is 0 Å². The highest BCUT2D eigenvalue weighted by Gasteiger charge is 2.44. The second kappa shape index (κ2) is 7.38. The van der Waals surface area contributed by atoms with Crippen LogP contribution in [0.25, 0.3) is 0 Å². The highest BCUT2D eigenvalue weighted by Crippen LogP contribution is 2.38. The van der Waals surface area contributed by atoms with Crippen molar-refractivity contribution < 1.29 is 14.3 Å². The molecule has 26 heavy (non-hydrogen) atoms. The number of carbonyl (C=O) groups excluding carboxylic acids is 1. The van der Waals surface area contributed by atoms with E-state index in [4.69, 9.17) is 9.47 Å². The summed E-state index contributed by atoms with van der Waals surface area (Å²) < 4.78 is 11.1. The highest BCUT2D eigenvalue weighted by molar-refractivity contribution is 5.78. The van der Waals surface area contributed by atoms with Crippen molar-refractivity contribution in [2.75, 3.05) is 26.8 Å². The number of hydrogen-bond donors (Lipinski definition) is 0. The van der Waals surface area contributed by atoms with E-state index in [1.165, 1.54) is 12.0 Å². The Bertz CT molecular complexity index is 765. The number of amides is 1. The zero-order valence-corrected chi connectivity index (χ0v) is 15.0. The largest absolute Gasteiger partial charge is 0.493 e.